The van der Waals surface area contributed by atoms with Crippen LogP contribution in [0.5, 0.6) is 5.75 Å². The van der Waals surface area contributed by atoms with Gasteiger partial charge in [-0.25, -0.2) is 9.59 Å². The highest BCUT2D eigenvalue weighted by atomic mass is 35.5. The van der Waals surface area contributed by atoms with E-state index in [1.54, 1.807) is 57.2 Å². The molecule has 172 valence electrons. The lowest BCUT2D eigenvalue weighted by atomic mass is 9.89. The van der Waals surface area contributed by atoms with E-state index in [0.29, 0.717) is 33.6 Å². The van der Waals surface area contributed by atoms with Crippen LogP contribution in [-0.2, 0) is 4.74 Å². The van der Waals surface area contributed by atoms with Crippen molar-refractivity contribution in [3.63, 3.8) is 0 Å². The van der Waals surface area contributed by atoms with Crippen LogP contribution in [-0.4, -0.2) is 23.3 Å². The molecule has 0 saturated heterocycles. The number of ether oxygens (including phenoxy) is 2. The number of anilines is 2. The van der Waals surface area contributed by atoms with Crippen molar-refractivity contribution >= 4 is 46.7 Å². The first kappa shape index (κ1) is 24.0. The van der Waals surface area contributed by atoms with E-state index < -0.39 is 23.3 Å². The van der Waals surface area contributed by atoms with Crippen molar-refractivity contribution in [1.29, 1.82) is 0 Å². The lowest BCUT2D eigenvalue weighted by molar-refractivity contribution is 0.0631. The fourth-order valence-corrected chi connectivity index (χ4v) is 3.96. The zero-order valence-corrected chi connectivity index (χ0v) is 20.1. The van der Waals surface area contributed by atoms with E-state index in [1.807, 2.05) is 13.8 Å². The Balaban J connectivity index is 1.79. The van der Waals surface area contributed by atoms with E-state index >= 15 is 0 Å². The molecule has 0 aliphatic carbocycles. The number of amides is 3. The molecule has 0 radical (unpaired) electrons. The van der Waals surface area contributed by atoms with Crippen LogP contribution >= 0.6 is 23.2 Å². The van der Waals surface area contributed by atoms with Gasteiger partial charge < -0.3 is 20.1 Å². The van der Waals surface area contributed by atoms with Gasteiger partial charge in [-0.05, 0) is 71.0 Å². The number of nitrogens with one attached hydrogen (secondary N) is 3. The monoisotopic (exact) mass is 479 g/mol. The number of benzene rings is 2. The fourth-order valence-electron chi connectivity index (χ4n) is 3.43. The van der Waals surface area contributed by atoms with Gasteiger partial charge in [-0.1, -0.05) is 23.2 Å². The number of carbonyl (C=O) groups excluding carboxylic acids is 2. The molecule has 0 fully saturated rings. The lowest BCUT2D eigenvalue weighted by Gasteiger charge is -2.38. The Morgan fingerprint density at radius 1 is 1.03 bits per heavy atom. The summed E-state index contributed by atoms with van der Waals surface area (Å²) >= 11 is 12.0. The van der Waals surface area contributed by atoms with Crippen LogP contribution in [0.15, 0.2) is 36.4 Å². The molecule has 32 heavy (non-hydrogen) atoms. The van der Waals surface area contributed by atoms with Gasteiger partial charge in [0.05, 0.1) is 6.04 Å². The Morgan fingerprint density at radius 3 is 2.31 bits per heavy atom. The van der Waals surface area contributed by atoms with Crippen molar-refractivity contribution < 1.29 is 19.1 Å². The van der Waals surface area contributed by atoms with E-state index in [9.17, 15) is 9.59 Å². The van der Waals surface area contributed by atoms with Gasteiger partial charge in [-0.2, -0.15) is 0 Å². The maximum atomic E-state index is 12.7. The normalized spacial score (nSPS) is 16.9. The number of urea groups is 1. The molecule has 0 aromatic heterocycles. The molecule has 3 amide bonds. The molecular formula is C23H27Cl2N3O4. The average molecular weight is 480 g/mol. The molecule has 3 rings (SSSR count). The Bertz CT molecular complexity index is 1010. The Hall–Kier alpha value is -2.64. The highest BCUT2D eigenvalue weighted by molar-refractivity contribution is 6.35. The molecule has 2 aromatic rings. The minimum absolute atomic E-state index is 0.358. The van der Waals surface area contributed by atoms with Gasteiger partial charge in [-0.3, -0.25) is 5.32 Å². The number of fused-ring (bicyclic) bond motifs is 1. The van der Waals surface area contributed by atoms with Crippen molar-refractivity contribution in [3.05, 3.63) is 52.0 Å². The van der Waals surface area contributed by atoms with Crippen LogP contribution in [0.3, 0.4) is 0 Å². The van der Waals surface area contributed by atoms with E-state index in [1.165, 1.54) is 0 Å². The van der Waals surface area contributed by atoms with Gasteiger partial charge in [0.2, 0.25) is 0 Å². The molecule has 2 aromatic carbocycles. The van der Waals surface area contributed by atoms with Crippen molar-refractivity contribution in [3.8, 4) is 5.75 Å². The third-order valence-corrected chi connectivity index (χ3v) is 4.97. The first-order chi connectivity index (χ1) is 14.8. The van der Waals surface area contributed by atoms with Crippen LogP contribution in [0.1, 0.15) is 52.6 Å². The van der Waals surface area contributed by atoms with E-state index in [4.69, 9.17) is 32.7 Å². The summed E-state index contributed by atoms with van der Waals surface area (Å²) in [5, 5.41) is 9.29. The zero-order chi connectivity index (χ0) is 23.7. The molecule has 3 N–H and O–H groups in total. The summed E-state index contributed by atoms with van der Waals surface area (Å²) in [7, 11) is 0. The second kappa shape index (κ2) is 9.08. The Kier molecular flexibility index (Phi) is 6.81. The SMILES string of the molecule is CC(C)(C)OC(=O)Nc1ccc2c(c1)[C@H](NC(=O)Nc1cc(Cl)cc(Cl)c1)CC(C)(C)O2. The van der Waals surface area contributed by atoms with E-state index in [2.05, 4.69) is 16.0 Å². The Morgan fingerprint density at radius 2 is 1.69 bits per heavy atom. The van der Waals surface area contributed by atoms with Gasteiger partial charge in [0.1, 0.15) is 17.0 Å². The van der Waals surface area contributed by atoms with Gasteiger partial charge in [0.25, 0.3) is 0 Å². The van der Waals surface area contributed by atoms with Crippen molar-refractivity contribution in [2.45, 2.75) is 58.3 Å². The quantitative estimate of drug-likeness (QED) is 0.453. The molecule has 9 heteroatoms. The molecule has 1 heterocycles. The average Bonchev–Trinajstić information content (AvgIpc) is 2.58. The van der Waals surface area contributed by atoms with E-state index in [-0.39, 0.29) is 6.04 Å². The van der Waals surface area contributed by atoms with Crippen molar-refractivity contribution in [2.75, 3.05) is 10.6 Å². The molecule has 0 unspecified atom stereocenters. The minimum atomic E-state index is -0.614. The highest BCUT2D eigenvalue weighted by Crippen LogP contribution is 2.41. The molecule has 0 spiro atoms. The highest BCUT2D eigenvalue weighted by Gasteiger charge is 2.35. The summed E-state index contributed by atoms with van der Waals surface area (Å²) in [5.41, 5.74) is 0.653. The van der Waals surface area contributed by atoms with Crippen LogP contribution in [0.4, 0.5) is 21.0 Å². The Labute approximate surface area is 197 Å². The predicted octanol–water partition coefficient (Wildman–Crippen LogP) is 6.76. The molecule has 1 aliphatic rings. The van der Waals surface area contributed by atoms with Crippen LogP contribution in [0, 0.1) is 0 Å². The third-order valence-electron chi connectivity index (χ3n) is 4.54. The van der Waals surface area contributed by atoms with Gasteiger partial charge >= 0.3 is 12.1 Å². The molecule has 0 saturated carbocycles. The zero-order valence-electron chi connectivity index (χ0n) is 18.6. The van der Waals surface area contributed by atoms with Gasteiger partial charge in [0, 0.05) is 33.4 Å². The summed E-state index contributed by atoms with van der Waals surface area (Å²) in [6, 6.07) is 9.31. The van der Waals surface area contributed by atoms with Crippen LogP contribution in [0.2, 0.25) is 10.0 Å². The minimum Gasteiger partial charge on any atom is -0.487 e. The summed E-state index contributed by atoms with van der Waals surface area (Å²) in [6.45, 7) is 9.28. The number of carbonyl (C=O) groups is 2. The fraction of sp³-hybridized carbons (Fsp3) is 0.391. The molecule has 1 atom stereocenters. The maximum absolute atomic E-state index is 12.7. The largest absolute Gasteiger partial charge is 0.487 e. The molecular weight excluding hydrogens is 453 g/mol. The standard InChI is InChI=1S/C23H27Cl2N3O4/c1-22(2,3)32-21(30)27-15-6-7-19-17(11-15)18(12-23(4,5)31-19)28-20(29)26-16-9-13(24)8-14(25)10-16/h6-11,18H,12H2,1-5H3,(H,27,30)(H2,26,28,29)/t18-/m1/s1. The van der Waals surface area contributed by atoms with E-state index in [0.717, 1.165) is 5.56 Å². The van der Waals surface area contributed by atoms with Crippen molar-refractivity contribution in [2.24, 2.45) is 0 Å². The van der Waals surface area contributed by atoms with Crippen molar-refractivity contribution in [1.82, 2.24) is 5.32 Å². The molecule has 0 bridgehead atoms. The van der Waals surface area contributed by atoms with Crippen LogP contribution in [0.25, 0.3) is 0 Å². The third kappa shape index (κ3) is 6.68. The number of rotatable bonds is 3. The second-order valence-electron chi connectivity index (χ2n) is 9.25. The topological polar surface area (TPSA) is 88.7 Å². The summed E-state index contributed by atoms with van der Waals surface area (Å²) in [5.74, 6) is 0.632. The maximum Gasteiger partial charge on any atom is 0.412 e. The number of hydrogen-bond donors (Lipinski definition) is 3. The summed E-state index contributed by atoms with van der Waals surface area (Å²) in [4.78, 5) is 24.9. The van der Waals surface area contributed by atoms with Gasteiger partial charge in [0.15, 0.2) is 0 Å². The van der Waals surface area contributed by atoms with Crippen LogP contribution < -0.4 is 20.7 Å². The first-order valence-electron chi connectivity index (χ1n) is 10.2. The molecule has 7 nitrogen and oxygen atoms in total. The predicted molar refractivity (Wildman–Crippen MR) is 127 cm³/mol. The number of hydrogen-bond acceptors (Lipinski definition) is 4. The second-order valence-corrected chi connectivity index (χ2v) is 10.1. The summed E-state index contributed by atoms with van der Waals surface area (Å²) in [6.07, 6.45) is -0.0332. The lowest BCUT2D eigenvalue weighted by Crippen LogP contribution is -2.42. The first-order valence-corrected chi connectivity index (χ1v) is 10.9. The smallest absolute Gasteiger partial charge is 0.412 e. The molecule has 1 aliphatic heterocycles. The number of halogens is 2. The summed E-state index contributed by atoms with van der Waals surface area (Å²) < 4.78 is 11.4. The van der Waals surface area contributed by atoms with Gasteiger partial charge in [-0.15, -0.1) is 0 Å².